The molecule has 78 valence electrons. The second kappa shape index (κ2) is 4.06. The van der Waals surface area contributed by atoms with Crippen molar-refractivity contribution in [1.29, 1.82) is 0 Å². The SMILES string of the molecule is CC1CCN(Cc2ncon2)C1CO. The summed E-state index contributed by atoms with van der Waals surface area (Å²) in [5.41, 5.74) is 0. The van der Waals surface area contributed by atoms with E-state index in [1.165, 1.54) is 6.39 Å². The molecule has 14 heavy (non-hydrogen) atoms. The van der Waals surface area contributed by atoms with E-state index in [4.69, 9.17) is 0 Å². The van der Waals surface area contributed by atoms with Crippen LogP contribution in [0.5, 0.6) is 0 Å². The van der Waals surface area contributed by atoms with Gasteiger partial charge in [-0.3, -0.25) is 4.90 Å². The molecule has 2 rings (SSSR count). The van der Waals surface area contributed by atoms with Crippen LogP contribution in [0.1, 0.15) is 19.2 Å². The van der Waals surface area contributed by atoms with E-state index in [1.54, 1.807) is 0 Å². The average molecular weight is 197 g/mol. The highest BCUT2D eigenvalue weighted by Crippen LogP contribution is 2.24. The van der Waals surface area contributed by atoms with Crippen LogP contribution in [-0.2, 0) is 6.54 Å². The van der Waals surface area contributed by atoms with Crippen LogP contribution in [0, 0.1) is 5.92 Å². The van der Waals surface area contributed by atoms with Gasteiger partial charge in [-0.25, -0.2) is 0 Å². The van der Waals surface area contributed by atoms with Crippen molar-refractivity contribution in [3.8, 4) is 0 Å². The van der Waals surface area contributed by atoms with Crippen LogP contribution in [0.15, 0.2) is 10.9 Å². The maximum Gasteiger partial charge on any atom is 0.213 e. The van der Waals surface area contributed by atoms with E-state index in [-0.39, 0.29) is 12.6 Å². The van der Waals surface area contributed by atoms with Gasteiger partial charge in [0, 0.05) is 6.04 Å². The highest BCUT2D eigenvalue weighted by atomic mass is 16.5. The summed E-state index contributed by atoms with van der Waals surface area (Å²) in [4.78, 5) is 6.18. The molecule has 5 nitrogen and oxygen atoms in total. The number of aromatic nitrogens is 2. The fraction of sp³-hybridized carbons (Fsp3) is 0.778. The Hall–Kier alpha value is -0.940. The van der Waals surface area contributed by atoms with Crippen molar-refractivity contribution in [1.82, 2.24) is 15.0 Å². The Morgan fingerprint density at radius 2 is 2.57 bits per heavy atom. The Morgan fingerprint density at radius 3 is 3.21 bits per heavy atom. The number of aliphatic hydroxyl groups excluding tert-OH is 1. The molecule has 1 aliphatic heterocycles. The average Bonchev–Trinajstić information content (AvgIpc) is 2.77. The molecule has 0 spiro atoms. The summed E-state index contributed by atoms with van der Waals surface area (Å²) < 4.78 is 4.67. The highest BCUT2D eigenvalue weighted by Gasteiger charge is 2.30. The third kappa shape index (κ3) is 1.78. The topological polar surface area (TPSA) is 62.4 Å². The lowest BCUT2D eigenvalue weighted by Crippen LogP contribution is -2.34. The Labute approximate surface area is 82.7 Å². The summed E-state index contributed by atoms with van der Waals surface area (Å²) in [7, 11) is 0. The fourth-order valence-corrected chi connectivity index (χ4v) is 2.02. The number of aliphatic hydroxyl groups is 1. The van der Waals surface area contributed by atoms with Crippen LogP contribution in [0.2, 0.25) is 0 Å². The number of nitrogens with zero attached hydrogens (tertiary/aromatic N) is 3. The molecule has 0 aliphatic carbocycles. The summed E-state index contributed by atoms with van der Waals surface area (Å²) in [5.74, 6) is 1.24. The molecule has 2 heterocycles. The van der Waals surface area contributed by atoms with Crippen molar-refractivity contribution < 1.29 is 9.63 Å². The lowest BCUT2D eigenvalue weighted by Gasteiger charge is -2.23. The van der Waals surface area contributed by atoms with Gasteiger partial charge in [-0.15, -0.1) is 0 Å². The van der Waals surface area contributed by atoms with E-state index < -0.39 is 0 Å². The van der Waals surface area contributed by atoms with Crippen LogP contribution in [-0.4, -0.2) is 39.3 Å². The van der Waals surface area contributed by atoms with Gasteiger partial charge in [0.1, 0.15) is 0 Å². The number of hydrogen-bond donors (Lipinski definition) is 1. The zero-order valence-electron chi connectivity index (χ0n) is 8.26. The van der Waals surface area contributed by atoms with Gasteiger partial charge < -0.3 is 9.63 Å². The molecule has 1 aromatic heterocycles. The minimum Gasteiger partial charge on any atom is -0.395 e. The molecule has 1 aromatic rings. The predicted molar refractivity (Wildman–Crippen MR) is 49.4 cm³/mol. The smallest absolute Gasteiger partial charge is 0.213 e. The molecule has 1 N–H and O–H groups in total. The van der Waals surface area contributed by atoms with E-state index in [0.717, 1.165) is 13.0 Å². The van der Waals surface area contributed by atoms with Crippen molar-refractivity contribution in [2.24, 2.45) is 5.92 Å². The van der Waals surface area contributed by atoms with E-state index in [0.29, 0.717) is 18.3 Å². The molecule has 0 bridgehead atoms. The standard InChI is InChI=1S/C9H15N3O2/c1-7-2-3-12(8(7)5-13)4-9-10-6-14-11-9/h6-8,13H,2-5H2,1H3. The summed E-state index contributed by atoms with van der Waals surface area (Å²) in [6.07, 6.45) is 2.46. The molecular formula is C9H15N3O2. The van der Waals surface area contributed by atoms with Crippen molar-refractivity contribution in [3.05, 3.63) is 12.2 Å². The van der Waals surface area contributed by atoms with E-state index in [9.17, 15) is 5.11 Å². The van der Waals surface area contributed by atoms with Crippen molar-refractivity contribution in [3.63, 3.8) is 0 Å². The van der Waals surface area contributed by atoms with Gasteiger partial charge in [0.15, 0.2) is 5.82 Å². The monoisotopic (exact) mass is 197 g/mol. The maximum atomic E-state index is 9.23. The van der Waals surface area contributed by atoms with Gasteiger partial charge in [-0.2, -0.15) is 4.98 Å². The molecule has 2 unspecified atom stereocenters. The van der Waals surface area contributed by atoms with Crippen LogP contribution in [0.4, 0.5) is 0 Å². The first kappa shape index (κ1) is 9.61. The number of rotatable bonds is 3. The van der Waals surface area contributed by atoms with Crippen LogP contribution in [0.3, 0.4) is 0 Å². The van der Waals surface area contributed by atoms with Crippen molar-refractivity contribution >= 4 is 0 Å². The van der Waals surface area contributed by atoms with Gasteiger partial charge >= 0.3 is 0 Å². The first-order valence-corrected chi connectivity index (χ1v) is 4.91. The molecule has 0 aromatic carbocycles. The fourth-order valence-electron chi connectivity index (χ4n) is 2.02. The van der Waals surface area contributed by atoms with E-state index >= 15 is 0 Å². The Morgan fingerprint density at radius 1 is 1.71 bits per heavy atom. The van der Waals surface area contributed by atoms with Gasteiger partial charge in [-0.1, -0.05) is 12.1 Å². The van der Waals surface area contributed by atoms with Gasteiger partial charge in [0.2, 0.25) is 6.39 Å². The summed E-state index contributed by atoms with van der Waals surface area (Å²) in [5, 5.41) is 13.0. The van der Waals surface area contributed by atoms with Gasteiger partial charge in [0.25, 0.3) is 0 Å². The lowest BCUT2D eigenvalue weighted by molar-refractivity contribution is 0.131. The third-order valence-electron chi connectivity index (χ3n) is 2.94. The largest absolute Gasteiger partial charge is 0.395 e. The predicted octanol–water partition coefficient (Wildman–Crippen LogP) is 0.272. The first-order valence-electron chi connectivity index (χ1n) is 4.91. The Bertz CT molecular complexity index is 276. The minimum absolute atomic E-state index is 0.207. The molecule has 1 aliphatic rings. The Balaban J connectivity index is 1.98. The zero-order valence-corrected chi connectivity index (χ0v) is 8.26. The molecule has 0 amide bonds. The second-order valence-electron chi connectivity index (χ2n) is 3.83. The van der Waals surface area contributed by atoms with Crippen LogP contribution in [0.25, 0.3) is 0 Å². The second-order valence-corrected chi connectivity index (χ2v) is 3.83. The molecule has 0 saturated carbocycles. The molecule has 5 heteroatoms. The molecule has 2 atom stereocenters. The Kier molecular flexibility index (Phi) is 2.79. The summed E-state index contributed by atoms with van der Waals surface area (Å²) in [6.45, 7) is 4.04. The van der Waals surface area contributed by atoms with E-state index in [2.05, 4.69) is 26.5 Å². The molecule has 0 radical (unpaired) electrons. The zero-order chi connectivity index (χ0) is 9.97. The van der Waals surface area contributed by atoms with Gasteiger partial charge in [-0.05, 0) is 18.9 Å². The van der Waals surface area contributed by atoms with Crippen LogP contribution >= 0.6 is 0 Å². The maximum absolute atomic E-state index is 9.23. The lowest BCUT2D eigenvalue weighted by atomic mass is 10.0. The summed E-state index contributed by atoms with van der Waals surface area (Å²) >= 11 is 0. The molecule has 1 fully saturated rings. The number of hydrogen-bond acceptors (Lipinski definition) is 5. The minimum atomic E-state index is 0.207. The van der Waals surface area contributed by atoms with Crippen LogP contribution < -0.4 is 0 Å². The molecule has 1 saturated heterocycles. The normalized spacial score (nSPS) is 28.4. The van der Waals surface area contributed by atoms with Crippen molar-refractivity contribution in [2.75, 3.05) is 13.2 Å². The van der Waals surface area contributed by atoms with Gasteiger partial charge in [0.05, 0.1) is 13.2 Å². The number of likely N-dealkylation sites (tertiary alicyclic amines) is 1. The summed E-state index contributed by atoms with van der Waals surface area (Å²) in [6, 6.07) is 0.244. The first-order chi connectivity index (χ1) is 6.81. The quantitative estimate of drug-likeness (QED) is 0.753. The van der Waals surface area contributed by atoms with Crippen molar-refractivity contribution in [2.45, 2.75) is 25.9 Å². The highest BCUT2D eigenvalue weighted by molar-refractivity contribution is 4.88. The van der Waals surface area contributed by atoms with E-state index in [1.807, 2.05) is 0 Å². The third-order valence-corrected chi connectivity index (χ3v) is 2.94. The molecular weight excluding hydrogens is 182 g/mol.